The number of pyridine rings is 1. The maximum absolute atomic E-state index is 13.9. The van der Waals surface area contributed by atoms with Crippen molar-refractivity contribution in [2.75, 3.05) is 25.9 Å². The van der Waals surface area contributed by atoms with E-state index < -0.39 is 18.2 Å². The number of thiophene rings is 1. The standard InChI is InChI=1S/C25H33N5O4S/c1-34-25(33)30-12-9-15-5-2-3-6-17(15)21(30)24(32)29-11-4-7-19(29)23(31)28-14-16-13-18-20(35-16)8-10-27-22(18)26/h8,10,13,15,17,19,21H,2-7,9,11-12,14H2,1H3,(H2,26,27)(H,28,31)/t15?,17?,19-,21?/m0/s1. The number of nitrogens with one attached hydrogen (secondary N) is 1. The summed E-state index contributed by atoms with van der Waals surface area (Å²) in [6.45, 7) is 1.43. The minimum atomic E-state index is -0.548. The van der Waals surface area contributed by atoms with Gasteiger partial charge in [-0.3, -0.25) is 14.5 Å². The van der Waals surface area contributed by atoms with Crippen LogP contribution in [-0.4, -0.2) is 65.0 Å². The SMILES string of the molecule is COC(=O)N1CCC2CCCCC2C1C(=O)N1CCC[C@H]1C(=O)NCc1cc2c(N)nccc2s1. The summed E-state index contributed by atoms with van der Waals surface area (Å²) in [6.07, 6.45) is 7.81. The lowest BCUT2D eigenvalue weighted by molar-refractivity contribution is -0.146. The molecule has 2 saturated heterocycles. The average molecular weight is 500 g/mol. The number of carbonyl (C=O) groups is 3. The summed E-state index contributed by atoms with van der Waals surface area (Å²) in [5.41, 5.74) is 5.96. The Labute approximate surface area is 209 Å². The van der Waals surface area contributed by atoms with Gasteiger partial charge in [-0.25, -0.2) is 9.78 Å². The van der Waals surface area contributed by atoms with Gasteiger partial charge in [0.25, 0.3) is 0 Å². The smallest absolute Gasteiger partial charge is 0.410 e. The van der Waals surface area contributed by atoms with Crippen LogP contribution in [0.15, 0.2) is 18.3 Å². The zero-order valence-corrected chi connectivity index (χ0v) is 20.9. The highest BCUT2D eigenvalue weighted by Gasteiger charge is 2.48. The predicted octanol–water partition coefficient (Wildman–Crippen LogP) is 3.13. The first-order chi connectivity index (χ1) is 17.0. The Morgan fingerprint density at radius 1 is 1.14 bits per heavy atom. The van der Waals surface area contributed by atoms with E-state index in [1.165, 1.54) is 13.5 Å². The molecule has 3 aliphatic rings. The first kappa shape index (κ1) is 23.8. The molecule has 0 radical (unpaired) electrons. The number of likely N-dealkylation sites (tertiary alicyclic amines) is 2. The van der Waals surface area contributed by atoms with E-state index in [4.69, 9.17) is 10.5 Å². The third-order valence-corrected chi connectivity index (χ3v) is 9.02. The average Bonchev–Trinajstić information content (AvgIpc) is 3.54. The molecule has 3 N–H and O–H groups in total. The maximum Gasteiger partial charge on any atom is 0.410 e. The molecule has 10 heteroatoms. The van der Waals surface area contributed by atoms with Crippen LogP contribution in [0.25, 0.3) is 10.1 Å². The van der Waals surface area contributed by atoms with E-state index in [0.29, 0.717) is 37.8 Å². The van der Waals surface area contributed by atoms with E-state index in [-0.39, 0.29) is 17.7 Å². The molecule has 3 unspecified atom stereocenters. The van der Waals surface area contributed by atoms with Crippen molar-refractivity contribution in [3.05, 3.63) is 23.2 Å². The molecule has 3 fully saturated rings. The number of amides is 3. The van der Waals surface area contributed by atoms with Crippen molar-refractivity contribution in [1.82, 2.24) is 20.1 Å². The van der Waals surface area contributed by atoms with Gasteiger partial charge in [0.05, 0.1) is 13.7 Å². The van der Waals surface area contributed by atoms with Crippen LogP contribution in [0.5, 0.6) is 0 Å². The molecule has 5 rings (SSSR count). The number of aromatic nitrogens is 1. The molecule has 0 bridgehead atoms. The van der Waals surface area contributed by atoms with Crippen LogP contribution in [0, 0.1) is 11.8 Å². The molecule has 3 amide bonds. The molecule has 188 valence electrons. The monoisotopic (exact) mass is 499 g/mol. The molecular weight excluding hydrogens is 466 g/mol. The Balaban J connectivity index is 1.30. The number of piperidine rings is 1. The molecule has 35 heavy (non-hydrogen) atoms. The first-order valence-electron chi connectivity index (χ1n) is 12.5. The molecule has 4 atom stereocenters. The Bertz CT molecular complexity index is 1120. The lowest BCUT2D eigenvalue weighted by Gasteiger charge is -2.47. The summed E-state index contributed by atoms with van der Waals surface area (Å²) in [5.74, 6) is 0.798. The lowest BCUT2D eigenvalue weighted by atomic mass is 9.70. The normalized spacial score (nSPS) is 26.4. The molecule has 0 spiro atoms. The Morgan fingerprint density at radius 2 is 1.97 bits per heavy atom. The van der Waals surface area contributed by atoms with Gasteiger partial charge in [0.2, 0.25) is 11.8 Å². The summed E-state index contributed by atoms with van der Waals surface area (Å²) in [6, 6.07) is 2.80. The second kappa shape index (κ2) is 10.0. The topological polar surface area (TPSA) is 118 Å². The van der Waals surface area contributed by atoms with Crippen LogP contribution < -0.4 is 11.1 Å². The van der Waals surface area contributed by atoms with Crippen LogP contribution >= 0.6 is 11.3 Å². The summed E-state index contributed by atoms with van der Waals surface area (Å²) in [7, 11) is 1.36. The number of ether oxygens (including phenoxy) is 1. The number of nitrogens with zero attached hydrogens (tertiary/aromatic N) is 3. The fourth-order valence-electron chi connectivity index (χ4n) is 6.21. The maximum atomic E-state index is 13.9. The number of nitrogen functional groups attached to an aromatic ring is 1. The molecule has 2 aromatic heterocycles. The number of hydrogen-bond acceptors (Lipinski definition) is 7. The van der Waals surface area contributed by atoms with Crippen LogP contribution in [0.4, 0.5) is 10.6 Å². The third kappa shape index (κ3) is 4.55. The Kier molecular flexibility index (Phi) is 6.82. The molecular formula is C25H33N5O4S. The van der Waals surface area contributed by atoms with Crippen LogP contribution in [0.2, 0.25) is 0 Å². The van der Waals surface area contributed by atoms with Gasteiger partial charge in [0, 0.05) is 34.2 Å². The van der Waals surface area contributed by atoms with Gasteiger partial charge in [0.15, 0.2) is 0 Å². The summed E-state index contributed by atoms with van der Waals surface area (Å²) in [4.78, 5) is 48.1. The molecule has 1 saturated carbocycles. The zero-order chi connectivity index (χ0) is 24.5. The zero-order valence-electron chi connectivity index (χ0n) is 20.1. The molecule has 2 aliphatic heterocycles. The van der Waals surface area contributed by atoms with E-state index in [9.17, 15) is 14.4 Å². The van der Waals surface area contributed by atoms with E-state index >= 15 is 0 Å². The van der Waals surface area contributed by atoms with E-state index in [1.807, 2.05) is 12.1 Å². The first-order valence-corrected chi connectivity index (χ1v) is 13.3. The van der Waals surface area contributed by atoms with Crippen LogP contribution in [0.1, 0.15) is 49.8 Å². The van der Waals surface area contributed by atoms with Crippen molar-refractivity contribution in [2.45, 2.75) is 63.6 Å². The number of nitrogens with two attached hydrogens (primary N) is 1. The quantitative estimate of drug-likeness (QED) is 0.667. The highest BCUT2D eigenvalue weighted by atomic mass is 32.1. The minimum Gasteiger partial charge on any atom is -0.453 e. The number of rotatable bonds is 4. The molecule has 9 nitrogen and oxygen atoms in total. The van der Waals surface area contributed by atoms with Crippen molar-refractivity contribution >= 4 is 45.1 Å². The minimum absolute atomic E-state index is 0.106. The van der Waals surface area contributed by atoms with Crippen molar-refractivity contribution in [2.24, 2.45) is 11.8 Å². The number of fused-ring (bicyclic) bond motifs is 2. The highest BCUT2D eigenvalue weighted by Crippen LogP contribution is 2.41. The predicted molar refractivity (Wildman–Crippen MR) is 134 cm³/mol. The summed E-state index contributed by atoms with van der Waals surface area (Å²) < 4.78 is 6.06. The van der Waals surface area contributed by atoms with Crippen molar-refractivity contribution < 1.29 is 19.1 Å². The third-order valence-electron chi connectivity index (χ3n) is 7.91. The largest absolute Gasteiger partial charge is 0.453 e. The van der Waals surface area contributed by atoms with Gasteiger partial charge in [-0.2, -0.15) is 0 Å². The van der Waals surface area contributed by atoms with Crippen molar-refractivity contribution in [1.29, 1.82) is 0 Å². The number of carbonyl (C=O) groups excluding carboxylic acids is 3. The lowest BCUT2D eigenvalue weighted by Crippen LogP contribution is -2.61. The second-order valence-electron chi connectivity index (χ2n) is 9.83. The fourth-order valence-corrected chi connectivity index (χ4v) is 7.22. The summed E-state index contributed by atoms with van der Waals surface area (Å²) >= 11 is 1.57. The highest BCUT2D eigenvalue weighted by molar-refractivity contribution is 7.19. The van der Waals surface area contributed by atoms with E-state index in [2.05, 4.69) is 10.3 Å². The number of anilines is 1. The molecule has 1 aliphatic carbocycles. The Hall–Kier alpha value is -2.88. The van der Waals surface area contributed by atoms with Crippen molar-refractivity contribution in [3.8, 4) is 0 Å². The van der Waals surface area contributed by atoms with Gasteiger partial charge in [-0.1, -0.05) is 19.3 Å². The molecule has 4 heterocycles. The number of methoxy groups -OCH3 is 1. The second-order valence-corrected chi connectivity index (χ2v) is 11.0. The van der Waals surface area contributed by atoms with Gasteiger partial charge in [0.1, 0.15) is 17.9 Å². The van der Waals surface area contributed by atoms with Crippen LogP contribution in [-0.2, 0) is 20.9 Å². The Morgan fingerprint density at radius 3 is 2.77 bits per heavy atom. The molecule has 2 aromatic rings. The van der Waals surface area contributed by atoms with Gasteiger partial charge in [-0.05, 0) is 49.7 Å². The van der Waals surface area contributed by atoms with Crippen LogP contribution in [0.3, 0.4) is 0 Å². The van der Waals surface area contributed by atoms with Gasteiger partial charge < -0.3 is 20.7 Å². The van der Waals surface area contributed by atoms with Gasteiger partial charge in [-0.15, -0.1) is 11.3 Å². The molecule has 0 aromatic carbocycles. The fraction of sp³-hybridized carbons (Fsp3) is 0.600. The van der Waals surface area contributed by atoms with E-state index in [1.54, 1.807) is 27.3 Å². The number of hydrogen-bond donors (Lipinski definition) is 2. The van der Waals surface area contributed by atoms with Gasteiger partial charge >= 0.3 is 6.09 Å². The van der Waals surface area contributed by atoms with E-state index in [0.717, 1.165) is 47.1 Å². The summed E-state index contributed by atoms with van der Waals surface area (Å²) in [5, 5.41) is 3.91. The van der Waals surface area contributed by atoms with Crippen molar-refractivity contribution in [3.63, 3.8) is 0 Å².